The second-order valence-electron chi connectivity index (χ2n) is 3.14. The molecule has 0 unspecified atom stereocenters. The lowest BCUT2D eigenvalue weighted by Crippen LogP contribution is -2.59. The van der Waals surface area contributed by atoms with Gasteiger partial charge in [-0.15, -0.1) is 0 Å². The summed E-state index contributed by atoms with van der Waals surface area (Å²) in [6.45, 7) is 0. The molecule has 0 aliphatic carbocycles. The molecule has 0 aliphatic heterocycles. The van der Waals surface area contributed by atoms with Crippen LogP contribution in [0.3, 0.4) is 0 Å². The molecule has 22 heavy (non-hydrogen) atoms. The van der Waals surface area contributed by atoms with Crippen LogP contribution < -0.4 is 0 Å². The monoisotopic (exact) mass is 376 g/mol. The van der Waals surface area contributed by atoms with E-state index in [0.29, 0.717) is 0 Å². The van der Waals surface area contributed by atoms with E-state index >= 15 is 0 Å². The third-order valence-electron chi connectivity index (χ3n) is 1.43. The quantitative estimate of drug-likeness (QED) is 0.531. The van der Waals surface area contributed by atoms with E-state index in [1.807, 2.05) is 0 Å². The highest BCUT2D eigenvalue weighted by Crippen LogP contribution is 2.53. The van der Waals surface area contributed by atoms with Gasteiger partial charge in [0.1, 0.15) is 0 Å². The Bertz CT molecular complexity index is 309. The maximum Gasteiger partial charge on any atom is 0.487 e. The summed E-state index contributed by atoms with van der Waals surface area (Å²) >= 11 is 0. The van der Waals surface area contributed by atoms with Crippen molar-refractivity contribution in [3.8, 4) is 0 Å². The van der Waals surface area contributed by atoms with Crippen molar-refractivity contribution in [2.75, 3.05) is 0 Å². The summed E-state index contributed by atoms with van der Waals surface area (Å²) in [5.41, 5.74) is 0. The maximum atomic E-state index is 11.6. The van der Waals surface area contributed by atoms with Crippen LogP contribution in [0.5, 0.6) is 0 Å². The van der Waals surface area contributed by atoms with Gasteiger partial charge in [-0.05, 0) is 0 Å². The molecule has 0 aromatic heterocycles. The fourth-order valence-electron chi connectivity index (χ4n) is 0.356. The number of hydrogen-bond acceptors (Lipinski definition) is 0. The van der Waals surface area contributed by atoms with Crippen molar-refractivity contribution < 1.29 is 70.2 Å². The third kappa shape index (κ3) is 4.96. The normalized spacial score (nSPS) is 15.3. The van der Waals surface area contributed by atoms with Gasteiger partial charge in [0.05, 0.1) is 0 Å². The fourth-order valence-corrected chi connectivity index (χ4v) is 0.356. The van der Waals surface area contributed by atoms with Crippen molar-refractivity contribution in [1.82, 2.24) is 0 Å². The van der Waals surface area contributed by atoms with E-state index < -0.39 is 36.6 Å². The van der Waals surface area contributed by atoms with E-state index in [1.54, 1.807) is 0 Å². The highest BCUT2D eigenvalue weighted by Gasteiger charge is 2.82. The Hall–Kier alpha value is -1.12. The molecule has 0 saturated carbocycles. The average molecular weight is 376 g/mol. The van der Waals surface area contributed by atoms with Crippen molar-refractivity contribution in [3.05, 3.63) is 0 Å². The van der Waals surface area contributed by atoms with Gasteiger partial charge in [0.15, 0.2) is 0 Å². The topological polar surface area (TPSA) is 0 Å². The molecule has 0 radical (unpaired) electrons. The first-order valence-electron chi connectivity index (χ1n) is 4.02. The van der Waals surface area contributed by atoms with E-state index in [0.717, 1.165) is 0 Å². The van der Waals surface area contributed by atoms with Crippen LogP contribution >= 0.6 is 0 Å². The number of hydrogen-bond donors (Lipinski definition) is 0. The third-order valence-corrected chi connectivity index (χ3v) is 1.43. The zero-order chi connectivity index (χ0) is 19.0. The Balaban J connectivity index is 0. The summed E-state index contributed by atoms with van der Waals surface area (Å²) in [6.07, 6.45) is -26.1. The molecule has 0 saturated heterocycles. The first-order valence-corrected chi connectivity index (χ1v) is 4.02. The molecule has 136 valence electrons. The summed E-state index contributed by atoms with van der Waals surface area (Å²) in [5.74, 6) is -14.3. The molecular formula is C6F16. The predicted molar refractivity (Wildman–Crippen MR) is 34.1 cm³/mol. The average Bonchev–Trinajstić information content (AvgIpc) is 2.10. The predicted octanol–water partition coefficient (Wildman–Crippen LogP) is 5.49. The molecule has 0 aliphatic rings. The van der Waals surface area contributed by atoms with Gasteiger partial charge in [0.25, 0.3) is 0 Å². The Morgan fingerprint density at radius 3 is 0.409 bits per heavy atom. The van der Waals surface area contributed by atoms with Crippen LogP contribution in [0.2, 0.25) is 0 Å². The SMILES string of the molecule is FC(F)(F)C(F)(F)C(F)(F)C(F)(F)F.FC(F)(F)C(F)(F)F. The highest BCUT2D eigenvalue weighted by atomic mass is 19.5. The largest absolute Gasteiger partial charge is 0.487 e. The van der Waals surface area contributed by atoms with Gasteiger partial charge >= 0.3 is 36.6 Å². The van der Waals surface area contributed by atoms with E-state index in [9.17, 15) is 70.2 Å². The molecule has 0 nitrogen and oxygen atoms in total. The second-order valence-corrected chi connectivity index (χ2v) is 3.14. The zero-order valence-electron chi connectivity index (χ0n) is 9.05. The van der Waals surface area contributed by atoms with Crippen molar-refractivity contribution in [2.45, 2.75) is 36.6 Å². The van der Waals surface area contributed by atoms with Crippen LogP contribution in [0, 0.1) is 0 Å². The minimum Gasteiger partial charge on any atom is -0.189 e. The van der Waals surface area contributed by atoms with Gasteiger partial charge in [-0.25, -0.2) is 0 Å². The Labute approximate surface area is 108 Å². The highest BCUT2D eigenvalue weighted by molar-refractivity contribution is 4.95. The zero-order valence-corrected chi connectivity index (χ0v) is 9.05. The Kier molecular flexibility index (Phi) is 6.13. The lowest BCUT2D eigenvalue weighted by atomic mass is 10.1. The van der Waals surface area contributed by atoms with E-state index in [2.05, 4.69) is 0 Å². The van der Waals surface area contributed by atoms with Crippen molar-refractivity contribution in [1.29, 1.82) is 0 Å². The molecule has 16 heteroatoms. The molecule has 0 aromatic carbocycles. The first-order chi connectivity index (χ1) is 9.00. The number of alkyl halides is 16. The van der Waals surface area contributed by atoms with E-state index in [4.69, 9.17) is 0 Å². The number of rotatable bonds is 1. The molecule has 0 heterocycles. The summed E-state index contributed by atoms with van der Waals surface area (Å²) in [5, 5.41) is 0. The first kappa shape index (κ1) is 23.2. The van der Waals surface area contributed by atoms with Gasteiger partial charge in [-0.1, -0.05) is 0 Å². The summed E-state index contributed by atoms with van der Waals surface area (Å²) in [4.78, 5) is 0. The van der Waals surface area contributed by atoms with Crippen LogP contribution in [0.15, 0.2) is 0 Å². The van der Waals surface area contributed by atoms with Crippen LogP contribution in [0.1, 0.15) is 0 Å². The van der Waals surface area contributed by atoms with Crippen molar-refractivity contribution >= 4 is 0 Å². The molecule has 0 bridgehead atoms. The van der Waals surface area contributed by atoms with Crippen molar-refractivity contribution in [2.24, 2.45) is 0 Å². The smallest absolute Gasteiger partial charge is 0.189 e. The van der Waals surface area contributed by atoms with Crippen LogP contribution in [-0.2, 0) is 0 Å². The lowest BCUT2D eigenvalue weighted by Gasteiger charge is -2.29. The van der Waals surface area contributed by atoms with E-state index in [1.165, 1.54) is 0 Å². The standard InChI is InChI=1S/C4F10.C2F6/c5-1(6,3(9,10)11)2(7,8)4(12,13)14;3-1(4,5)2(6,7)8. The Morgan fingerprint density at radius 2 is 0.364 bits per heavy atom. The van der Waals surface area contributed by atoms with Gasteiger partial charge in [-0.3, -0.25) is 0 Å². The lowest BCUT2D eigenvalue weighted by molar-refractivity contribution is -0.419. The summed E-state index contributed by atoms with van der Waals surface area (Å²) < 4.78 is 176. The molecule has 0 fully saturated rings. The minimum atomic E-state index is -7.14. The minimum absolute atomic E-state index is 6.06. The molecule has 0 N–H and O–H groups in total. The number of halogens is 16. The molecule has 0 atom stereocenters. The second kappa shape index (κ2) is 5.82. The Morgan fingerprint density at radius 1 is 0.227 bits per heavy atom. The van der Waals surface area contributed by atoms with Gasteiger partial charge < -0.3 is 0 Å². The molecule has 0 aromatic rings. The van der Waals surface area contributed by atoms with Crippen molar-refractivity contribution in [3.63, 3.8) is 0 Å². The van der Waals surface area contributed by atoms with E-state index in [-0.39, 0.29) is 0 Å². The maximum absolute atomic E-state index is 11.6. The van der Waals surface area contributed by atoms with Crippen LogP contribution in [0.4, 0.5) is 70.2 Å². The van der Waals surface area contributed by atoms with Gasteiger partial charge in [0.2, 0.25) is 0 Å². The molecular weight excluding hydrogens is 376 g/mol. The molecule has 0 rings (SSSR count). The molecule has 0 amide bonds. The fraction of sp³-hybridized carbons (Fsp3) is 1.00. The summed E-state index contributed by atoms with van der Waals surface area (Å²) in [7, 11) is 0. The van der Waals surface area contributed by atoms with Crippen LogP contribution in [-0.4, -0.2) is 36.6 Å². The van der Waals surface area contributed by atoms with Crippen LogP contribution in [0.25, 0.3) is 0 Å². The van der Waals surface area contributed by atoms with Gasteiger partial charge in [0, 0.05) is 0 Å². The summed E-state index contributed by atoms with van der Waals surface area (Å²) in [6, 6.07) is 0. The molecule has 0 spiro atoms. The van der Waals surface area contributed by atoms with Gasteiger partial charge in [-0.2, -0.15) is 70.2 Å².